The van der Waals surface area contributed by atoms with Crippen LogP contribution in [0.25, 0.3) is 11.1 Å². The van der Waals surface area contributed by atoms with Crippen LogP contribution in [0.2, 0.25) is 0 Å². The van der Waals surface area contributed by atoms with Gasteiger partial charge in [0, 0.05) is 25.1 Å². The molecule has 0 bridgehead atoms. The summed E-state index contributed by atoms with van der Waals surface area (Å²) in [6.45, 7) is 5.43. The van der Waals surface area contributed by atoms with Gasteiger partial charge in [0.15, 0.2) is 14.6 Å². The summed E-state index contributed by atoms with van der Waals surface area (Å²) in [4.78, 5) is 24.4. The van der Waals surface area contributed by atoms with E-state index < -0.39 is 20.5 Å². The van der Waals surface area contributed by atoms with E-state index in [9.17, 15) is 18.0 Å². The van der Waals surface area contributed by atoms with Gasteiger partial charge >= 0.3 is 0 Å². The van der Waals surface area contributed by atoms with Crippen molar-refractivity contribution in [3.63, 3.8) is 0 Å². The number of aromatic nitrogens is 1. The van der Waals surface area contributed by atoms with Crippen molar-refractivity contribution < 1.29 is 18.4 Å². The molecule has 0 saturated carbocycles. The fourth-order valence-corrected chi connectivity index (χ4v) is 3.71. The molecule has 0 spiro atoms. The fourth-order valence-electron chi connectivity index (χ4n) is 2.87. The van der Waals surface area contributed by atoms with Crippen LogP contribution in [0.1, 0.15) is 38.7 Å². The van der Waals surface area contributed by atoms with Gasteiger partial charge < -0.3 is 4.57 Å². The third kappa shape index (κ3) is 4.51. The molecule has 2 aromatic rings. The minimum absolute atomic E-state index is 0.0160. The van der Waals surface area contributed by atoms with Gasteiger partial charge in [-0.15, -0.1) is 0 Å². The van der Waals surface area contributed by atoms with Crippen molar-refractivity contribution in [3.8, 4) is 11.1 Å². The third-order valence-corrected chi connectivity index (χ3v) is 7.14. The Kier molecular flexibility index (Phi) is 6.46. The lowest BCUT2D eigenvalue weighted by Gasteiger charge is -2.25. The van der Waals surface area contributed by atoms with Gasteiger partial charge in [0.25, 0.3) is 11.5 Å². The molecule has 1 amide bonds. The molecule has 1 aromatic carbocycles. The van der Waals surface area contributed by atoms with Gasteiger partial charge in [-0.25, -0.2) is 13.9 Å². The van der Waals surface area contributed by atoms with Crippen molar-refractivity contribution in [1.82, 2.24) is 10.0 Å². The maximum atomic E-state index is 12.5. The number of hydrogen-bond donors (Lipinski definition) is 2. The molecule has 0 radical (unpaired) electrons. The number of carbonyl (C=O) groups is 1. The van der Waals surface area contributed by atoms with Crippen LogP contribution in [0.15, 0.2) is 47.4 Å². The van der Waals surface area contributed by atoms with Gasteiger partial charge in [-0.05, 0) is 42.0 Å². The van der Waals surface area contributed by atoms with Crippen molar-refractivity contribution in [2.75, 3.05) is 6.26 Å². The molecular formula is C20H26N2O5S. The highest BCUT2D eigenvalue weighted by Gasteiger charge is 2.43. The number of benzene rings is 1. The average molecular weight is 407 g/mol. The van der Waals surface area contributed by atoms with Crippen LogP contribution in [-0.4, -0.2) is 35.1 Å². The molecule has 0 aliphatic rings. The standard InChI is InChI=1S/C20H26N2O5S/c1-14(2)15-6-5-7-16(12-15)17-8-10-22(18(23)13-17)11-9-20(3,19(24)21-25)28(4,26)27/h5-8,10,12-14,25H,9,11H2,1-4H3,(H,21,24). The van der Waals surface area contributed by atoms with Gasteiger partial charge in [-0.2, -0.15) is 0 Å². The molecule has 152 valence electrons. The number of amides is 1. The van der Waals surface area contributed by atoms with E-state index in [2.05, 4.69) is 13.8 Å². The first kappa shape index (κ1) is 21.8. The van der Waals surface area contributed by atoms with Crippen LogP contribution in [0.3, 0.4) is 0 Å². The first-order chi connectivity index (χ1) is 13.0. The number of carbonyl (C=O) groups excluding carboxylic acids is 1. The van der Waals surface area contributed by atoms with Gasteiger partial charge in [0.05, 0.1) is 0 Å². The second kappa shape index (κ2) is 8.28. The molecular weight excluding hydrogens is 380 g/mol. The zero-order chi connectivity index (χ0) is 21.1. The zero-order valence-electron chi connectivity index (χ0n) is 16.5. The molecule has 0 aliphatic carbocycles. The number of nitrogens with zero attached hydrogens (tertiary/aromatic N) is 1. The second-order valence-electron chi connectivity index (χ2n) is 7.42. The van der Waals surface area contributed by atoms with Gasteiger partial charge in [-0.3, -0.25) is 14.8 Å². The monoisotopic (exact) mass is 406 g/mol. The van der Waals surface area contributed by atoms with Crippen molar-refractivity contribution in [2.24, 2.45) is 0 Å². The molecule has 2 N–H and O–H groups in total. The van der Waals surface area contributed by atoms with E-state index in [4.69, 9.17) is 5.21 Å². The Morgan fingerprint density at radius 1 is 1.21 bits per heavy atom. The first-order valence-electron chi connectivity index (χ1n) is 8.94. The Morgan fingerprint density at radius 3 is 2.39 bits per heavy atom. The summed E-state index contributed by atoms with van der Waals surface area (Å²) in [5, 5.41) is 8.88. The Bertz CT molecular complexity index is 1030. The Balaban J connectivity index is 2.29. The van der Waals surface area contributed by atoms with E-state index in [0.29, 0.717) is 5.92 Å². The molecule has 28 heavy (non-hydrogen) atoms. The minimum Gasteiger partial charge on any atom is -0.315 e. The number of nitrogens with one attached hydrogen (secondary N) is 1. The van der Waals surface area contributed by atoms with Crippen molar-refractivity contribution in [2.45, 2.75) is 44.4 Å². The van der Waals surface area contributed by atoms with Crippen LogP contribution in [0.5, 0.6) is 0 Å². The second-order valence-corrected chi connectivity index (χ2v) is 9.87. The molecule has 0 saturated heterocycles. The predicted octanol–water partition coefficient (Wildman–Crippen LogP) is 2.34. The van der Waals surface area contributed by atoms with Crippen LogP contribution < -0.4 is 11.0 Å². The summed E-state index contributed by atoms with van der Waals surface area (Å²) in [5.41, 5.74) is 3.96. The Labute approximate surface area is 164 Å². The first-order valence-corrected chi connectivity index (χ1v) is 10.8. The highest BCUT2D eigenvalue weighted by atomic mass is 32.2. The topological polar surface area (TPSA) is 105 Å². The minimum atomic E-state index is -3.81. The van der Waals surface area contributed by atoms with Gasteiger partial charge in [-0.1, -0.05) is 38.1 Å². The normalized spacial score (nSPS) is 13.9. The molecule has 1 aromatic heterocycles. The van der Waals surface area contributed by atoms with Crippen LogP contribution in [0, 0.1) is 0 Å². The van der Waals surface area contributed by atoms with Gasteiger partial charge in [0.1, 0.15) is 0 Å². The van der Waals surface area contributed by atoms with E-state index in [1.807, 2.05) is 24.3 Å². The molecule has 2 rings (SSSR count). The van der Waals surface area contributed by atoms with E-state index >= 15 is 0 Å². The highest BCUT2D eigenvalue weighted by molar-refractivity contribution is 7.92. The highest BCUT2D eigenvalue weighted by Crippen LogP contribution is 2.24. The average Bonchev–Trinajstić information content (AvgIpc) is 2.65. The summed E-state index contributed by atoms with van der Waals surface area (Å²) in [6.07, 6.45) is 2.36. The summed E-state index contributed by atoms with van der Waals surface area (Å²) in [6, 6.07) is 11.2. The molecule has 7 nitrogen and oxygen atoms in total. The molecule has 0 fully saturated rings. The van der Waals surface area contributed by atoms with E-state index in [-0.39, 0.29) is 18.5 Å². The SMILES string of the molecule is CC(C)c1cccc(-c2ccn(CCC(C)(C(=O)NO)S(C)(=O)=O)c(=O)c2)c1. The van der Waals surface area contributed by atoms with E-state index in [1.54, 1.807) is 12.3 Å². The number of sulfone groups is 1. The number of hydrogen-bond acceptors (Lipinski definition) is 5. The number of rotatable bonds is 7. The lowest BCUT2D eigenvalue weighted by Crippen LogP contribution is -2.49. The molecule has 0 aliphatic heterocycles. The summed E-state index contributed by atoms with van der Waals surface area (Å²) >= 11 is 0. The van der Waals surface area contributed by atoms with Crippen molar-refractivity contribution in [3.05, 3.63) is 58.5 Å². The molecule has 1 atom stereocenters. The largest absolute Gasteiger partial charge is 0.315 e. The van der Waals surface area contributed by atoms with Crippen LogP contribution in [0.4, 0.5) is 0 Å². The number of aryl methyl sites for hydroxylation is 1. The quantitative estimate of drug-likeness (QED) is 0.542. The predicted molar refractivity (Wildman–Crippen MR) is 108 cm³/mol. The zero-order valence-corrected chi connectivity index (χ0v) is 17.3. The number of hydroxylamine groups is 1. The van der Waals surface area contributed by atoms with Crippen molar-refractivity contribution in [1.29, 1.82) is 0 Å². The van der Waals surface area contributed by atoms with Gasteiger partial charge in [0.2, 0.25) is 0 Å². The Hall–Kier alpha value is -2.45. The number of pyridine rings is 1. The summed E-state index contributed by atoms with van der Waals surface area (Å²) < 4.78 is 23.6. The van der Waals surface area contributed by atoms with Crippen molar-refractivity contribution >= 4 is 15.7 Å². The maximum Gasteiger partial charge on any atom is 0.264 e. The third-order valence-electron chi connectivity index (χ3n) is 5.11. The Morgan fingerprint density at radius 2 is 1.86 bits per heavy atom. The van der Waals surface area contributed by atoms with Crippen LogP contribution in [-0.2, 0) is 21.2 Å². The van der Waals surface area contributed by atoms with Crippen LogP contribution >= 0.6 is 0 Å². The van der Waals surface area contributed by atoms with E-state index in [0.717, 1.165) is 17.4 Å². The smallest absolute Gasteiger partial charge is 0.264 e. The summed E-state index contributed by atoms with van der Waals surface area (Å²) in [7, 11) is -3.81. The molecule has 8 heteroatoms. The summed E-state index contributed by atoms with van der Waals surface area (Å²) in [5.74, 6) is -0.656. The molecule has 1 unspecified atom stereocenters. The maximum absolute atomic E-state index is 12.5. The lowest BCUT2D eigenvalue weighted by atomic mass is 9.98. The molecule has 1 heterocycles. The van der Waals surface area contributed by atoms with E-state index in [1.165, 1.54) is 28.6 Å². The lowest BCUT2D eigenvalue weighted by molar-refractivity contribution is -0.131. The fraction of sp³-hybridized carbons (Fsp3) is 0.400.